The standard InChI is InChI=1S/C12H18N2O4/c15-11(16)10-9-3-1-2-7(9)5-14(10)6-8-4-13-12(17)18-8/h7-10H,1-6H2,(H,13,17)(H,15,16). The van der Waals surface area contributed by atoms with E-state index in [1.807, 2.05) is 4.90 Å². The maximum absolute atomic E-state index is 11.4. The van der Waals surface area contributed by atoms with Crippen molar-refractivity contribution in [1.82, 2.24) is 10.2 Å². The van der Waals surface area contributed by atoms with E-state index in [1.165, 1.54) is 0 Å². The maximum atomic E-state index is 11.4. The third-order valence-electron chi connectivity index (χ3n) is 4.42. The van der Waals surface area contributed by atoms with Gasteiger partial charge in [0.15, 0.2) is 0 Å². The fourth-order valence-electron chi connectivity index (χ4n) is 3.72. The van der Waals surface area contributed by atoms with Crippen LogP contribution in [-0.2, 0) is 9.53 Å². The number of likely N-dealkylation sites (tertiary alicyclic amines) is 1. The summed E-state index contributed by atoms with van der Waals surface area (Å²) in [6.07, 6.45) is 2.69. The van der Waals surface area contributed by atoms with Crippen LogP contribution in [0.2, 0.25) is 0 Å². The Balaban J connectivity index is 1.67. The predicted octanol–water partition coefficient (Wildman–Crippen LogP) is 0.280. The molecular formula is C12H18N2O4. The van der Waals surface area contributed by atoms with E-state index in [2.05, 4.69) is 5.32 Å². The first-order valence-electron chi connectivity index (χ1n) is 6.56. The normalized spacial score (nSPS) is 39.4. The van der Waals surface area contributed by atoms with Crippen LogP contribution in [-0.4, -0.2) is 53.8 Å². The number of rotatable bonds is 3. The summed E-state index contributed by atoms with van der Waals surface area (Å²) in [5, 5.41) is 12.0. The topological polar surface area (TPSA) is 78.9 Å². The van der Waals surface area contributed by atoms with E-state index < -0.39 is 18.1 Å². The van der Waals surface area contributed by atoms with Gasteiger partial charge >= 0.3 is 12.1 Å². The van der Waals surface area contributed by atoms with Crippen LogP contribution < -0.4 is 5.32 Å². The third kappa shape index (κ3) is 1.94. The Morgan fingerprint density at radius 1 is 1.50 bits per heavy atom. The second-order valence-corrected chi connectivity index (χ2v) is 5.50. The van der Waals surface area contributed by atoms with Crippen molar-refractivity contribution in [2.24, 2.45) is 11.8 Å². The summed E-state index contributed by atoms with van der Waals surface area (Å²) in [6, 6.07) is -0.392. The highest BCUT2D eigenvalue weighted by atomic mass is 16.6. The highest BCUT2D eigenvalue weighted by Crippen LogP contribution is 2.42. The highest BCUT2D eigenvalue weighted by Gasteiger charge is 2.48. The Bertz CT molecular complexity index is 373. The number of ether oxygens (including phenoxy) is 1. The molecule has 3 fully saturated rings. The van der Waals surface area contributed by atoms with Crippen LogP contribution in [0.1, 0.15) is 19.3 Å². The number of amides is 1. The molecule has 18 heavy (non-hydrogen) atoms. The average molecular weight is 254 g/mol. The minimum Gasteiger partial charge on any atom is -0.480 e. The Morgan fingerprint density at radius 2 is 2.33 bits per heavy atom. The summed E-state index contributed by atoms with van der Waals surface area (Å²) in [6.45, 7) is 1.84. The summed E-state index contributed by atoms with van der Waals surface area (Å²) >= 11 is 0. The molecule has 0 spiro atoms. The average Bonchev–Trinajstić information content (AvgIpc) is 2.93. The van der Waals surface area contributed by atoms with Crippen molar-refractivity contribution in [3.63, 3.8) is 0 Å². The van der Waals surface area contributed by atoms with Crippen molar-refractivity contribution in [2.45, 2.75) is 31.4 Å². The number of carboxylic acids is 1. The molecule has 1 amide bonds. The minimum absolute atomic E-state index is 0.210. The van der Waals surface area contributed by atoms with Gasteiger partial charge in [-0.15, -0.1) is 0 Å². The molecule has 4 unspecified atom stereocenters. The Kier molecular flexibility index (Phi) is 2.89. The van der Waals surface area contributed by atoms with E-state index in [1.54, 1.807) is 0 Å². The van der Waals surface area contributed by atoms with Crippen LogP contribution in [0, 0.1) is 11.8 Å². The number of carboxylic acid groups (broad SMARTS) is 1. The molecule has 3 rings (SSSR count). The third-order valence-corrected chi connectivity index (χ3v) is 4.42. The summed E-state index contributed by atoms with van der Waals surface area (Å²) in [5.41, 5.74) is 0. The molecule has 6 heteroatoms. The fourth-order valence-corrected chi connectivity index (χ4v) is 3.72. The second-order valence-electron chi connectivity index (χ2n) is 5.50. The van der Waals surface area contributed by atoms with Crippen LogP contribution in [0.15, 0.2) is 0 Å². The number of nitrogens with zero attached hydrogens (tertiary/aromatic N) is 1. The number of cyclic esters (lactones) is 1. The summed E-state index contributed by atoms with van der Waals surface area (Å²) in [7, 11) is 0. The zero-order valence-corrected chi connectivity index (χ0v) is 10.2. The molecule has 4 atom stereocenters. The van der Waals surface area contributed by atoms with Gasteiger partial charge in [-0.2, -0.15) is 0 Å². The van der Waals surface area contributed by atoms with Crippen LogP contribution in [0.3, 0.4) is 0 Å². The quantitative estimate of drug-likeness (QED) is 0.756. The van der Waals surface area contributed by atoms with Gasteiger partial charge in [0.2, 0.25) is 0 Å². The number of carbonyl (C=O) groups excluding carboxylic acids is 1. The van der Waals surface area contributed by atoms with E-state index in [4.69, 9.17) is 4.74 Å². The molecule has 2 aliphatic heterocycles. The van der Waals surface area contributed by atoms with Gasteiger partial charge in [-0.25, -0.2) is 4.79 Å². The monoisotopic (exact) mass is 254 g/mol. The number of nitrogens with one attached hydrogen (secondary N) is 1. The zero-order valence-electron chi connectivity index (χ0n) is 10.2. The molecule has 1 saturated carbocycles. The molecule has 2 heterocycles. The Labute approximate surface area is 105 Å². The molecule has 0 aromatic rings. The molecular weight excluding hydrogens is 236 g/mol. The van der Waals surface area contributed by atoms with Crippen LogP contribution in [0.4, 0.5) is 4.79 Å². The summed E-state index contributed by atoms with van der Waals surface area (Å²) in [5.74, 6) is 0.0606. The Hall–Kier alpha value is -1.30. The SMILES string of the molecule is O=C1NCC(CN2CC3CCCC3C2C(=O)O)O1. The van der Waals surface area contributed by atoms with Gasteiger partial charge in [0.05, 0.1) is 6.54 Å². The smallest absolute Gasteiger partial charge is 0.407 e. The second kappa shape index (κ2) is 4.42. The molecule has 0 aromatic heterocycles. The summed E-state index contributed by atoms with van der Waals surface area (Å²) < 4.78 is 5.09. The Morgan fingerprint density at radius 3 is 3.00 bits per heavy atom. The fraction of sp³-hybridized carbons (Fsp3) is 0.833. The number of fused-ring (bicyclic) bond motifs is 1. The molecule has 0 radical (unpaired) electrons. The lowest BCUT2D eigenvalue weighted by atomic mass is 9.94. The van der Waals surface area contributed by atoms with Gasteiger partial charge in [0, 0.05) is 13.1 Å². The first-order valence-corrected chi connectivity index (χ1v) is 6.56. The molecule has 6 nitrogen and oxygen atoms in total. The van der Waals surface area contributed by atoms with Crippen molar-refractivity contribution >= 4 is 12.1 Å². The first-order chi connectivity index (χ1) is 8.65. The highest BCUT2D eigenvalue weighted by molar-refractivity contribution is 5.74. The molecule has 100 valence electrons. The largest absolute Gasteiger partial charge is 0.480 e. The number of carbonyl (C=O) groups is 2. The van der Waals surface area contributed by atoms with E-state index in [0.717, 1.165) is 25.8 Å². The number of hydrogen-bond acceptors (Lipinski definition) is 4. The lowest BCUT2D eigenvalue weighted by molar-refractivity contribution is -0.143. The maximum Gasteiger partial charge on any atom is 0.407 e. The van der Waals surface area contributed by atoms with Crippen molar-refractivity contribution < 1.29 is 19.4 Å². The van der Waals surface area contributed by atoms with Crippen LogP contribution in [0.25, 0.3) is 0 Å². The van der Waals surface area contributed by atoms with Gasteiger partial charge in [-0.05, 0) is 24.7 Å². The van der Waals surface area contributed by atoms with E-state index in [-0.39, 0.29) is 12.0 Å². The van der Waals surface area contributed by atoms with E-state index >= 15 is 0 Å². The van der Waals surface area contributed by atoms with Crippen molar-refractivity contribution in [3.8, 4) is 0 Å². The van der Waals surface area contributed by atoms with Crippen molar-refractivity contribution in [1.29, 1.82) is 0 Å². The van der Waals surface area contributed by atoms with E-state index in [9.17, 15) is 14.7 Å². The van der Waals surface area contributed by atoms with Gasteiger partial charge in [-0.3, -0.25) is 9.69 Å². The minimum atomic E-state index is -0.735. The van der Waals surface area contributed by atoms with Crippen LogP contribution >= 0.6 is 0 Å². The molecule has 3 aliphatic rings. The lowest BCUT2D eigenvalue weighted by Gasteiger charge is -2.25. The van der Waals surface area contributed by atoms with Crippen molar-refractivity contribution in [2.75, 3.05) is 19.6 Å². The molecule has 0 bridgehead atoms. The zero-order chi connectivity index (χ0) is 12.7. The lowest BCUT2D eigenvalue weighted by Crippen LogP contribution is -2.44. The summed E-state index contributed by atoms with van der Waals surface area (Å²) in [4.78, 5) is 24.4. The van der Waals surface area contributed by atoms with E-state index in [0.29, 0.717) is 19.0 Å². The molecule has 2 saturated heterocycles. The number of aliphatic carboxylic acids is 1. The van der Waals surface area contributed by atoms with Crippen molar-refractivity contribution in [3.05, 3.63) is 0 Å². The molecule has 0 aromatic carbocycles. The van der Waals surface area contributed by atoms with Gasteiger partial charge in [-0.1, -0.05) is 6.42 Å². The first kappa shape index (κ1) is 11.8. The molecule has 1 aliphatic carbocycles. The van der Waals surface area contributed by atoms with Gasteiger partial charge in [0.1, 0.15) is 12.1 Å². The predicted molar refractivity (Wildman–Crippen MR) is 62.1 cm³/mol. The number of alkyl carbamates (subject to hydrolysis) is 1. The van der Waals surface area contributed by atoms with Gasteiger partial charge < -0.3 is 15.2 Å². The molecule has 2 N–H and O–H groups in total. The van der Waals surface area contributed by atoms with Gasteiger partial charge in [0.25, 0.3) is 0 Å². The van der Waals surface area contributed by atoms with Crippen LogP contribution in [0.5, 0.6) is 0 Å². The number of hydrogen-bond donors (Lipinski definition) is 2.